The Kier molecular flexibility index (Phi) is 7.57. The minimum atomic E-state index is -6.37. The van der Waals surface area contributed by atoms with Crippen molar-refractivity contribution in [1.29, 1.82) is 0 Å². The number of amides is 1. The highest BCUT2D eigenvalue weighted by molar-refractivity contribution is 7.86. The molecule has 0 spiro atoms. The largest absolute Gasteiger partial charge is 0.466 e. The van der Waals surface area contributed by atoms with Crippen LogP contribution in [0.1, 0.15) is 6.92 Å². The third-order valence-electron chi connectivity index (χ3n) is 2.53. The molecule has 0 radical (unpaired) electrons. The fourth-order valence-corrected chi connectivity index (χ4v) is 1.39. The summed E-state index contributed by atoms with van der Waals surface area (Å²) in [7, 11) is -6.37. The molecule has 0 bridgehead atoms. The standard InChI is InChI=1S/C11H11F8NO7S/c1-5(2)6(21)27-10(11(17,18)19,7(22)20-3-8(12,13)14)26-4-9(15,16)28(23,24)25/h1,3-4H2,2H3,(H,20,22)(H,23,24,25). The van der Waals surface area contributed by atoms with Gasteiger partial charge < -0.3 is 14.8 Å². The fraction of sp³-hybridized carbons (Fsp3) is 0.636. The molecule has 0 aromatic carbocycles. The fourth-order valence-electron chi connectivity index (χ4n) is 1.18. The molecule has 0 saturated heterocycles. The molecule has 0 aliphatic heterocycles. The van der Waals surface area contributed by atoms with Crippen molar-refractivity contribution in [2.45, 2.75) is 30.3 Å². The number of hydrogen-bond donors (Lipinski definition) is 2. The lowest BCUT2D eigenvalue weighted by atomic mass is 10.2. The van der Waals surface area contributed by atoms with Gasteiger partial charge in [0.2, 0.25) is 0 Å². The molecule has 1 unspecified atom stereocenters. The van der Waals surface area contributed by atoms with Crippen LogP contribution in [0.4, 0.5) is 35.1 Å². The van der Waals surface area contributed by atoms with E-state index in [2.05, 4.69) is 16.1 Å². The van der Waals surface area contributed by atoms with Gasteiger partial charge in [0.1, 0.15) is 13.2 Å². The zero-order chi connectivity index (χ0) is 22.8. The van der Waals surface area contributed by atoms with Crippen LogP contribution in [0.5, 0.6) is 0 Å². The van der Waals surface area contributed by atoms with Crippen molar-refractivity contribution in [1.82, 2.24) is 5.32 Å². The summed E-state index contributed by atoms with van der Waals surface area (Å²) >= 11 is 0. The predicted octanol–water partition coefficient (Wildman–Crippen LogP) is 1.54. The highest BCUT2D eigenvalue weighted by atomic mass is 32.2. The summed E-state index contributed by atoms with van der Waals surface area (Å²) in [5, 5.41) is -4.84. The molecular weight excluding hydrogens is 442 g/mol. The Bertz CT molecular complexity index is 730. The molecule has 1 amide bonds. The zero-order valence-corrected chi connectivity index (χ0v) is 14.3. The van der Waals surface area contributed by atoms with Crippen LogP contribution < -0.4 is 5.32 Å². The van der Waals surface area contributed by atoms with Crippen LogP contribution >= 0.6 is 0 Å². The first-order valence-electron chi connectivity index (χ1n) is 6.46. The maximum Gasteiger partial charge on any atom is 0.466 e. The van der Waals surface area contributed by atoms with Crippen LogP contribution in [0.2, 0.25) is 0 Å². The van der Waals surface area contributed by atoms with Crippen molar-refractivity contribution in [3.05, 3.63) is 12.2 Å². The number of alkyl halides is 8. The first-order valence-corrected chi connectivity index (χ1v) is 7.90. The highest BCUT2D eigenvalue weighted by Gasteiger charge is 2.68. The average Bonchev–Trinajstić information content (AvgIpc) is 2.45. The van der Waals surface area contributed by atoms with Gasteiger partial charge in [0.25, 0.3) is 0 Å². The average molecular weight is 453 g/mol. The molecule has 164 valence electrons. The number of hydrogen-bond acceptors (Lipinski definition) is 6. The second-order valence-corrected chi connectivity index (χ2v) is 6.53. The normalized spacial score (nSPS) is 15.5. The zero-order valence-electron chi connectivity index (χ0n) is 13.4. The Labute approximate surface area is 151 Å². The maximum absolute atomic E-state index is 13.3. The van der Waals surface area contributed by atoms with Gasteiger partial charge in [0.15, 0.2) is 0 Å². The molecule has 0 saturated carbocycles. The van der Waals surface area contributed by atoms with Gasteiger partial charge in [-0.05, 0) is 6.92 Å². The third kappa shape index (κ3) is 6.55. The lowest BCUT2D eigenvalue weighted by Crippen LogP contribution is -2.63. The van der Waals surface area contributed by atoms with Gasteiger partial charge >= 0.3 is 45.4 Å². The summed E-state index contributed by atoms with van der Waals surface area (Å²) < 4.78 is 139. The first kappa shape index (κ1) is 26.0. The van der Waals surface area contributed by atoms with Gasteiger partial charge in [-0.3, -0.25) is 9.35 Å². The van der Waals surface area contributed by atoms with Crippen LogP contribution in [0, 0.1) is 0 Å². The number of nitrogens with one attached hydrogen (secondary N) is 1. The second kappa shape index (κ2) is 8.16. The van der Waals surface area contributed by atoms with Gasteiger partial charge in [-0.15, -0.1) is 0 Å². The van der Waals surface area contributed by atoms with E-state index in [-0.39, 0.29) is 0 Å². The molecule has 0 rings (SSSR count). The SMILES string of the molecule is C=C(C)C(=O)OC(OCC(F)(F)S(=O)(=O)O)(C(=O)NCC(F)(F)F)C(F)(F)F. The summed E-state index contributed by atoms with van der Waals surface area (Å²) in [6.07, 6.45) is -11.5. The molecule has 28 heavy (non-hydrogen) atoms. The Balaban J connectivity index is 6.17. The summed E-state index contributed by atoms with van der Waals surface area (Å²) in [5.41, 5.74) is -0.859. The lowest BCUT2D eigenvalue weighted by molar-refractivity contribution is -0.353. The summed E-state index contributed by atoms with van der Waals surface area (Å²) in [4.78, 5) is 23.0. The number of esters is 1. The van der Waals surface area contributed by atoms with Crippen LogP contribution in [0.3, 0.4) is 0 Å². The number of halogens is 8. The molecule has 0 aliphatic rings. The second-order valence-electron chi connectivity index (χ2n) is 4.98. The molecule has 2 N–H and O–H groups in total. The summed E-state index contributed by atoms with van der Waals surface area (Å²) in [6, 6.07) is 0. The lowest BCUT2D eigenvalue weighted by Gasteiger charge is -2.33. The van der Waals surface area contributed by atoms with Gasteiger partial charge in [-0.2, -0.15) is 43.5 Å². The van der Waals surface area contributed by atoms with Gasteiger partial charge in [0.05, 0.1) is 0 Å². The van der Waals surface area contributed by atoms with E-state index in [1.807, 2.05) is 0 Å². The van der Waals surface area contributed by atoms with Crippen LogP contribution in [0.15, 0.2) is 12.2 Å². The smallest absolute Gasteiger partial charge is 0.412 e. The first-order chi connectivity index (χ1) is 12.2. The topological polar surface area (TPSA) is 119 Å². The van der Waals surface area contributed by atoms with Crippen molar-refractivity contribution >= 4 is 22.0 Å². The van der Waals surface area contributed by atoms with Crippen LogP contribution in [-0.4, -0.2) is 61.4 Å². The maximum atomic E-state index is 13.3. The van der Waals surface area contributed by atoms with Crippen LogP contribution in [0.25, 0.3) is 0 Å². The number of rotatable bonds is 8. The molecule has 0 aromatic heterocycles. The highest BCUT2D eigenvalue weighted by Crippen LogP contribution is 2.38. The minimum Gasteiger partial charge on any atom is -0.412 e. The molecule has 0 fully saturated rings. The van der Waals surface area contributed by atoms with Gasteiger partial charge in [-0.25, -0.2) is 4.79 Å². The quantitative estimate of drug-likeness (QED) is 0.188. The third-order valence-corrected chi connectivity index (χ3v) is 3.40. The molecule has 17 heteroatoms. The van der Waals surface area contributed by atoms with Crippen molar-refractivity contribution in [3.63, 3.8) is 0 Å². The number of carbonyl (C=O) groups excluding carboxylic acids is 2. The molecule has 0 heterocycles. The van der Waals surface area contributed by atoms with E-state index in [1.54, 1.807) is 0 Å². The number of carbonyl (C=O) groups is 2. The Morgan fingerprint density at radius 2 is 1.54 bits per heavy atom. The summed E-state index contributed by atoms with van der Waals surface area (Å²) in [5.74, 6) is -10.1. The predicted molar refractivity (Wildman–Crippen MR) is 71.2 cm³/mol. The summed E-state index contributed by atoms with van der Waals surface area (Å²) in [6.45, 7) is -1.80. The van der Waals surface area contributed by atoms with E-state index in [0.29, 0.717) is 5.32 Å². The van der Waals surface area contributed by atoms with E-state index in [4.69, 9.17) is 4.55 Å². The van der Waals surface area contributed by atoms with E-state index in [1.165, 1.54) is 0 Å². The van der Waals surface area contributed by atoms with E-state index < -0.39 is 64.1 Å². The Hall–Kier alpha value is -2.01. The monoisotopic (exact) mass is 453 g/mol. The Morgan fingerprint density at radius 1 is 1.07 bits per heavy atom. The number of ether oxygens (including phenoxy) is 2. The van der Waals surface area contributed by atoms with E-state index in [9.17, 15) is 53.1 Å². The van der Waals surface area contributed by atoms with Crippen molar-refractivity contribution < 1.29 is 67.2 Å². The Morgan fingerprint density at radius 3 is 1.86 bits per heavy atom. The molecule has 1 atom stereocenters. The van der Waals surface area contributed by atoms with E-state index >= 15 is 0 Å². The van der Waals surface area contributed by atoms with Crippen LogP contribution in [-0.2, 0) is 29.2 Å². The van der Waals surface area contributed by atoms with Gasteiger partial charge in [0, 0.05) is 5.57 Å². The van der Waals surface area contributed by atoms with Crippen molar-refractivity contribution in [2.24, 2.45) is 0 Å². The van der Waals surface area contributed by atoms with Crippen molar-refractivity contribution in [3.8, 4) is 0 Å². The molecule has 0 aliphatic carbocycles. The minimum absolute atomic E-state index is 0.617. The van der Waals surface area contributed by atoms with Crippen molar-refractivity contribution in [2.75, 3.05) is 13.2 Å². The molecule has 0 aromatic rings. The van der Waals surface area contributed by atoms with E-state index in [0.717, 1.165) is 6.92 Å². The molecule has 8 nitrogen and oxygen atoms in total. The molecular formula is C11H11F8NO7S. The van der Waals surface area contributed by atoms with Gasteiger partial charge in [-0.1, -0.05) is 6.58 Å².